The summed E-state index contributed by atoms with van der Waals surface area (Å²) < 4.78 is 19.0. The minimum atomic E-state index is -0.597. The number of carbonyl (C=O) groups excluding carboxylic acids is 1. The second-order valence-corrected chi connectivity index (χ2v) is 6.41. The third-order valence-electron chi connectivity index (χ3n) is 4.59. The molecule has 1 saturated heterocycles. The highest BCUT2D eigenvalue weighted by molar-refractivity contribution is 5.82. The zero-order valence-electron chi connectivity index (χ0n) is 13.7. The fourth-order valence-electron chi connectivity index (χ4n) is 3.39. The number of anilines is 1. The van der Waals surface area contributed by atoms with Gasteiger partial charge in [0.1, 0.15) is 11.6 Å². The number of piperidine rings is 1. The molecule has 2 atom stereocenters. The number of nitrogens with one attached hydrogen (secondary N) is 1. The summed E-state index contributed by atoms with van der Waals surface area (Å²) in [6.45, 7) is 1.55. The molecule has 0 radical (unpaired) electrons. The molecular formula is C18H19FN4O2. The molecule has 1 N–H and O–H groups in total. The maximum atomic E-state index is 13.3. The lowest BCUT2D eigenvalue weighted by Crippen LogP contribution is -2.51. The Morgan fingerprint density at radius 1 is 1.32 bits per heavy atom. The maximum absolute atomic E-state index is 13.3. The number of hydrogen-bond acceptors (Lipinski definition) is 5. The largest absolute Gasteiger partial charge is 0.480 e. The Hall–Kier alpha value is -2.70. The molecule has 130 valence electrons. The van der Waals surface area contributed by atoms with Crippen LogP contribution in [0.2, 0.25) is 0 Å². The molecule has 2 aliphatic heterocycles. The molecule has 2 aromatic rings. The molecule has 0 saturated carbocycles. The van der Waals surface area contributed by atoms with Gasteiger partial charge in [0.25, 0.3) is 5.91 Å². The predicted molar refractivity (Wildman–Crippen MR) is 89.9 cm³/mol. The van der Waals surface area contributed by atoms with Gasteiger partial charge < -0.3 is 15.0 Å². The van der Waals surface area contributed by atoms with Gasteiger partial charge in [-0.3, -0.25) is 4.79 Å². The molecule has 1 aromatic heterocycles. The average Bonchev–Trinajstić information content (AvgIpc) is 3.06. The second-order valence-electron chi connectivity index (χ2n) is 6.41. The molecule has 0 aliphatic carbocycles. The third kappa shape index (κ3) is 3.40. The summed E-state index contributed by atoms with van der Waals surface area (Å²) in [7, 11) is 0. The number of halogens is 1. The number of ether oxygens (including phenoxy) is 1. The smallest absolute Gasteiger partial charge is 0.261 e. The van der Waals surface area contributed by atoms with E-state index in [0.29, 0.717) is 24.7 Å². The van der Waals surface area contributed by atoms with E-state index >= 15 is 0 Å². The molecule has 0 unspecified atom stereocenters. The van der Waals surface area contributed by atoms with E-state index in [1.54, 1.807) is 24.5 Å². The number of amides is 1. The van der Waals surface area contributed by atoms with Gasteiger partial charge in [-0.1, -0.05) is 0 Å². The summed E-state index contributed by atoms with van der Waals surface area (Å²) in [5.41, 5.74) is 0.739. The van der Waals surface area contributed by atoms with Gasteiger partial charge in [0.05, 0.1) is 0 Å². The van der Waals surface area contributed by atoms with Crippen molar-refractivity contribution in [3.05, 3.63) is 48.0 Å². The Bertz CT molecular complexity index is 771. The Morgan fingerprint density at radius 2 is 2.16 bits per heavy atom. The van der Waals surface area contributed by atoms with E-state index in [1.165, 1.54) is 12.1 Å². The van der Waals surface area contributed by atoms with Gasteiger partial charge in [0.2, 0.25) is 5.95 Å². The predicted octanol–water partition coefficient (Wildman–Crippen LogP) is 1.70. The summed E-state index contributed by atoms with van der Waals surface area (Å²) >= 11 is 0. The number of aromatic nitrogens is 2. The first-order valence-electron chi connectivity index (χ1n) is 8.46. The molecule has 0 spiro atoms. The number of fused-ring (bicyclic) bond motifs is 1. The first-order chi connectivity index (χ1) is 12.2. The van der Waals surface area contributed by atoms with Crippen LogP contribution in [0.1, 0.15) is 18.4 Å². The highest BCUT2D eigenvalue weighted by atomic mass is 19.1. The molecule has 4 rings (SSSR count). The van der Waals surface area contributed by atoms with Crippen LogP contribution < -0.4 is 15.0 Å². The number of benzene rings is 1. The van der Waals surface area contributed by atoms with Crippen LogP contribution in [0.3, 0.4) is 0 Å². The van der Waals surface area contributed by atoms with Crippen molar-refractivity contribution in [1.29, 1.82) is 0 Å². The van der Waals surface area contributed by atoms with Crippen LogP contribution in [-0.2, 0) is 11.2 Å². The number of hydrogen-bond donors (Lipinski definition) is 1. The fourth-order valence-corrected chi connectivity index (χ4v) is 3.39. The molecule has 1 amide bonds. The zero-order chi connectivity index (χ0) is 17.2. The topological polar surface area (TPSA) is 67.4 Å². The molecule has 25 heavy (non-hydrogen) atoms. The molecule has 1 fully saturated rings. The van der Waals surface area contributed by atoms with E-state index in [1.807, 2.05) is 0 Å². The van der Waals surface area contributed by atoms with Gasteiger partial charge in [-0.2, -0.15) is 0 Å². The Labute approximate surface area is 145 Å². The quantitative estimate of drug-likeness (QED) is 0.920. The maximum Gasteiger partial charge on any atom is 0.261 e. The van der Waals surface area contributed by atoms with Crippen LogP contribution in [0, 0.1) is 5.82 Å². The van der Waals surface area contributed by atoms with Crippen molar-refractivity contribution in [2.24, 2.45) is 0 Å². The van der Waals surface area contributed by atoms with Crippen molar-refractivity contribution >= 4 is 11.9 Å². The molecule has 1 aromatic carbocycles. The summed E-state index contributed by atoms with van der Waals surface area (Å²) in [6, 6.07) is 6.15. The molecule has 2 aliphatic rings. The van der Waals surface area contributed by atoms with E-state index < -0.39 is 6.10 Å². The summed E-state index contributed by atoms with van der Waals surface area (Å²) in [4.78, 5) is 23.1. The van der Waals surface area contributed by atoms with Crippen molar-refractivity contribution < 1.29 is 13.9 Å². The second kappa shape index (κ2) is 6.66. The fraction of sp³-hybridized carbons (Fsp3) is 0.389. The van der Waals surface area contributed by atoms with Crippen molar-refractivity contribution in [2.75, 3.05) is 18.0 Å². The van der Waals surface area contributed by atoms with E-state index in [-0.39, 0.29) is 17.8 Å². The first kappa shape index (κ1) is 15.8. The monoisotopic (exact) mass is 342 g/mol. The number of rotatable bonds is 3. The van der Waals surface area contributed by atoms with Crippen molar-refractivity contribution in [3.8, 4) is 5.75 Å². The first-order valence-corrected chi connectivity index (χ1v) is 8.46. The van der Waals surface area contributed by atoms with Crippen LogP contribution in [0.15, 0.2) is 36.7 Å². The van der Waals surface area contributed by atoms with Crippen LogP contribution in [-0.4, -0.2) is 41.1 Å². The normalized spacial score (nSPS) is 22.2. The zero-order valence-corrected chi connectivity index (χ0v) is 13.7. The van der Waals surface area contributed by atoms with Gasteiger partial charge in [-0.25, -0.2) is 14.4 Å². The van der Waals surface area contributed by atoms with E-state index in [4.69, 9.17) is 4.74 Å². The summed E-state index contributed by atoms with van der Waals surface area (Å²) in [5, 5.41) is 3.06. The Morgan fingerprint density at radius 3 is 3.00 bits per heavy atom. The van der Waals surface area contributed by atoms with Crippen molar-refractivity contribution in [2.45, 2.75) is 31.4 Å². The summed E-state index contributed by atoms with van der Waals surface area (Å²) in [5.74, 6) is 0.803. The average molecular weight is 342 g/mol. The van der Waals surface area contributed by atoms with Crippen LogP contribution in [0.25, 0.3) is 0 Å². The lowest BCUT2D eigenvalue weighted by Gasteiger charge is -2.33. The van der Waals surface area contributed by atoms with Crippen molar-refractivity contribution in [1.82, 2.24) is 15.3 Å². The third-order valence-corrected chi connectivity index (χ3v) is 4.59. The minimum Gasteiger partial charge on any atom is -0.480 e. The minimum absolute atomic E-state index is 0.0223. The van der Waals surface area contributed by atoms with E-state index in [9.17, 15) is 9.18 Å². The van der Waals surface area contributed by atoms with Crippen LogP contribution in [0.5, 0.6) is 5.75 Å². The number of nitrogens with zero attached hydrogens (tertiary/aromatic N) is 3. The SMILES string of the molecule is O=C(N[C@@H]1CCCN(c2ncccn2)C1)[C@H]1Cc2cc(F)ccc2O1. The van der Waals surface area contributed by atoms with Gasteiger partial charge in [-0.15, -0.1) is 0 Å². The Balaban J connectivity index is 1.37. The standard InChI is InChI=1S/C18H19FN4O2/c19-13-4-5-15-12(9-13)10-16(25-15)17(24)22-14-3-1-8-23(11-14)18-20-6-2-7-21-18/h2,4-7,9,14,16H,1,3,8,10-11H2,(H,22,24)/t14-,16-/m1/s1. The molecule has 6 nitrogen and oxygen atoms in total. The Kier molecular flexibility index (Phi) is 4.21. The highest BCUT2D eigenvalue weighted by Crippen LogP contribution is 2.29. The highest BCUT2D eigenvalue weighted by Gasteiger charge is 2.32. The molecule has 3 heterocycles. The van der Waals surface area contributed by atoms with Crippen LogP contribution in [0.4, 0.5) is 10.3 Å². The molecule has 7 heteroatoms. The van der Waals surface area contributed by atoms with E-state index in [0.717, 1.165) is 24.9 Å². The van der Waals surface area contributed by atoms with Gasteiger partial charge in [0.15, 0.2) is 6.10 Å². The molecule has 0 bridgehead atoms. The van der Waals surface area contributed by atoms with Crippen LogP contribution >= 0.6 is 0 Å². The van der Waals surface area contributed by atoms with E-state index in [2.05, 4.69) is 20.2 Å². The lowest BCUT2D eigenvalue weighted by molar-refractivity contribution is -0.128. The molecular weight excluding hydrogens is 323 g/mol. The summed E-state index contributed by atoms with van der Waals surface area (Å²) in [6.07, 6.45) is 5.10. The lowest BCUT2D eigenvalue weighted by atomic mass is 10.0. The van der Waals surface area contributed by atoms with Crippen molar-refractivity contribution in [3.63, 3.8) is 0 Å². The van der Waals surface area contributed by atoms with Gasteiger partial charge >= 0.3 is 0 Å². The van der Waals surface area contributed by atoms with Gasteiger partial charge in [-0.05, 0) is 37.1 Å². The number of carbonyl (C=O) groups is 1. The van der Waals surface area contributed by atoms with Gasteiger partial charge in [0, 0.05) is 43.5 Å².